The van der Waals surface area contributed by atoms with Crippen molar-refractivity contribution in [3.8, 4) is 0 Å². The molecule has 0 aromatic heterocycles. The van der Waals surface area contributed by atoms with Crippen LogP contribution < -0.4 is 0 Å². The molecule has 2 rings (SSSR count). The van der Waals surface area contributed by atoms with Crippen molar-refractivity contribution in [2.45, 2.75) is 65.2 Å². The van der Waals surface area contributed by atoms with Gasteiger partial charge in [-0.25, -0.2) is 0 Å². The van der Waals surface area contributed by atoms with Gasteiger partial charge in [0.1, 0.15) is 0 Å². The lowest BCUT2D eigenvalue weighted by atomic mass is 9.86. The molecule has 0 spiro atoms. The number of aryl methyl sites for hydroxylation is 2. The van der Waals surface area contributed by atoms with Gasteiger partial charge in [-0.3, -0.25) is 9.59 Å². The first kappa shape index (κ1) is 18.5. The number of hydrogen-bond acceptors (Lipinski definition) is 2. The van der Waals surface area contributed by atoms with E-state index in [1.807, 2.05) is 0 Å². The van der Waals surface area contributed by atoms with Crippen LogP contribution in [0.1, 0.15) is 63.5 Å². The van der Waals surface area contributed by atoms with E-state index in [0.29, 0.717) is 6.42 Å². The first-order valence-corrected chi connectivity index (χ1v) is 8.80. The molecule has 0 radical (unpaired) electrons. The van der Waals surface area contributed by atoms with Crippen LogP contribution in [0.25, 0.3) is 0 Å². The van der Waals surface area contributed by atoms with Crippen LogP contribution in [0.4, 0.5) is 0 Å². The second kappa shape index (κ2) is 7.37. The average molecular weight is 332 g/mol. The lowest BCUT2D eigenvalue weighted by molar-refractivity contribution is -0.147. The van der Waals surface area contributed by atoms with Crippen LogP contribution in [-0.4, -0.2) is 22.2 Å². The van der Waals surface area contributed by atoms with Crippen LogP contribution in [0.5, 0.6) is 0 Å². The Morgan fingerprint density at radius 1 is 1.00 bits per heavy atom. The summed E-state index contributed by atoms with van der Waals surface area (Å²) in [6, 6.07) is 8.43. The Bertz CT molecular complexity index is 541. The van der Waals surface area contributed by atoms with Gasteiger partial charge in [-0.15, -0.1) is 0 Å². The molecule has 0 atom stereocenters. The van der Waals surface area contributed by atoms with Crippen LogP contribution in [0.3, 0.4) is 0 Å². The maximum Gasteiger partial charge on any atom is 0.309 e. The van der Waals surface area contributed by atoms with Gasteiger partial charge in [0.15, 0.2) is 0 Å². The highest BCUT2D eigenvalue weighted by Gasteiger charge is 2.49. The van der Waals surface area contributed by atoms with Crippen LogP contribution in [0.15, 0.2) is 24.3 Å². The van der Waals surface area contributed by atoms with E-state index in [1.54, 1.807) is 13.8 Å². The van der Waals surface area contributed by atoms with Gasteiger partial charge < -0.3 is 10.2 Å². The second-order valence-electron chi connectivity index (χ2n) is 7.80. The molecule has 0 aliphatic heterocycles. The first-order chi connectivity index (χ1) is 11.3. The van der Waals surface area contributed by atoms with E-state index < -0.39 is 22.8 Å². The van der Waals surface area contributed by atoms with E-state index in [1.165, 1.54) is 11.1 Å². The van der Waals surface area contributed by atoms with Gasteiger partial charge in [-0.05, 0) is 76.3 Å². The highest BCUT2D eigenvalue weighted by molar-refractivity contribution is 5.77. The lowest BCUT2D eigenvalue weighted by Crippen LogP contribution is -2.23. The van der Waals surface area contributed by atoms with E-state index in [0.717, 1.165) is 44.9 Å². The van der Waals surface area contributed by atoms with E-state index >= 15 is 0 Å². The van der Waals surface area contributed by atoms with Gasteiger partial charge in [-0.1, -0.05) is 24.3 Å². The third-order valence-electron chi connectivity index (χ3n) is 5.30. The highest BCUT2D eigenvalue weighted by Crippen LogP contribution is 2.49. The molecule has 1 aliphatic carbocycles. The third-order valence-corrected chi connectivity index (χ3v) is 5.30. The normalized spacial score (nSPS) is 15.9. The van der Waals surface area contributed by atoms with Crippen LogP contribution in [-0.2, 0) is 22.4 Å². The van der Waals surface area contributed by atoms with Crippen LogP contribution in [0, 0.1) is 10.8 Å². The summed E-state index contributed by atoms with van der Waals surface area (Å²) in [5.74, 6) is -1.38. The number of carboxylic acids is 2. The van der Waals surface area contributed by atoms with Crippen molar-refractivity contribution in [1.82, 2.24) is 0 Å². The molecule has 4 nitrogen and oxygen atoms in total. The fourth-order valence-electron chi connectivity index (χ4n) is 3.07. The summed E-state index contributed by atoms with van der Waals surface area (Å²) < 4.78 is 0. The van der Waals surface area contributed by atoms with Gasteiger partial charge in [-0.2, -0.15) is 0 Å². The Morgan fingerprint density at radius 2 is 1.50 bits per heavy atom. The summed E-state index contributed by atoms with van der Waals surface area (Å²) in [5.41, 5.74) is 1.38. The van der Waals surface area contributed by atoms with Gasteiger partial charge in [0.05, 0.1) is 10.8 Å². The Hall–Kier alpha value is -1.84. The van der Waals surface area contributed by atoms with Gasteiger partial charge in [0, 0.05) is 0 Å². The molecule has 24 heavy (non-hydrogen) atoms. The predicted molar refractivity (Wildman–Crippen MR) is 93.0 cm³/mol. The zero-order valence-corrected chi connectivity index (χ0v) is 14.7. The molecule has 0 amide bonds. The maximum atomic E-state index is 11.1. The SMILES string of the molecule is CC(C)(CCCc1ccc(CCCC2(C(=O)O)CC2)cc1)C(=O)O. The Morgan fingerprint density at radius 3 is 1.92 bits per heavy atom. The third kappa shape index (κ3) is 4.83. The van der Waals surface area contributed by atoms with Crippen LogP contribution in [0.2, 0.25) is 0 Å². The van der Waals surface area contributed by atoms with Crippen molar-refractivity contribution in [2.75, 3.05) is 0 Å². The summed E-state index contributed by atoms with van der Waals surface area (Å²) in [7, 11) is 0. The minimum absolute atomic E-state index is 0.420. The fraction of sp³-hybridized carbons (Fsp3) is 0.600. The smallest absolute Gasteiger partial charge is 0.309 e. The Kier molecular flexibility index (Phi) is 5.68. The highest BCUT2D eigenvalue weighted by atomic mass is 16.4. The molecule has 0 unspecified atom stereocenters. The molecule has 0 bridgehead atoms. The molecule has 2 N–H and O–H groups in total. The molecule has 1 fully saturated rings. The summed E-state index contributed by atoms with van der Waals surface area (Å²) in [6.07, 6.45) is 6.68. The van der Waals surface area contributed by atoms with E-state index in [2.05, 4.69) is 24.3 Å². The standard InChI is InChI=1S/C20H28O4/c1-19(2,17(21)22)11-3-5-15-7-9-16(10-8-15)6-4-12-20(13-14-20)18(23)24/h7-10H,3-6,11-14H2,1-2H3,(H,21,22)(H,23,24). The molecule has 1 aromatic carbocycles. The number of hydrogen-bond donors (Lipinski definition) is 2. The summed E-state index contributed by atoms with van der Waals surface area (Å²) in [5, 5.41) is 18.3. The second-order valence-corrected chi connectivity index (χ2v) is 7.80. The van der Waals surface area contributed by atoms with E-state index in [-0.39, 0.29) is 0 Å². The Labute approximate surface area is 143 Å². The zero-order chi connectivity index (χ0) is 17.8. The van der Waals surface area contributed by atoms with Crippen molar-refractivity contribution < 1.29 is 19.8 Å². The average Bonchev–Trinajstić information content (AvgIpc) is 3.30. The quantitative estimate of drug-likeness (QED) is 0.669. The molecular formula is C20H28O4. The summed E-state index contributed by atoms with van der Waals surface area (Å²) in [6.45, 7) is 3.53. The number of carbonyl (C=O) groups is 2. The number of carboxylic acid groups (broad SMARTS) is 2. The topological polar surface area (TPSA) is 74.6 Å². The molecule has 1 aliphatic rings. The monoisotopic (exact) mass is 332 g/mol. The molecule has 1 saturated carbocycles. The molecule has 1 aromatic rings. The lowest BCUT2D eigenvalue weighted by Gasteiger charge is -2.18. The summed E-state index contributed by atoms with van der Waals surface area (Å²) >= 11 is 0. The minimum atomic E-state index is -0.743. The fourth-order valence-corrected chi connectivity index (χ4v) is 3.07. The first-order valence-electron chi connectivity index (χ1n) is 8.80. The van der Waals surface area contributed by atoms with Crippen molar-refractivity contribution >= 4 is 11.9 Å². The van der Waals surface area contributed by atoms with Gasteiger partial charge >= 0.3 is 11.9 Å². The number of rotatable bonds is 10. The minimum Gasteiger partial charge on any atom is -0.481 e. The number of aliphatic carboxylic acids is 2. The molecule has 4 heteroatoms. The van der Waals surface area contributed by atoms with Crippen molar-refractivity contribution in [3.05, 3.63) is 35.4 Å². The van der Waals surface area contributed by atoms with E-state index in [9.17, 15) is 14.7 Å². The predicted octanol–water partition coefficient (Wildman–Crippen LogP) is 4.31. The van der Waals surface area contributed by atoms with Crippen molar-refractivity contribution in [2.24, 2.45) is 10.8 Å². The van der Waals surface area contributed by atoms with Crippen molar-refractivity contribution in [3.63, 3.8) is 0 Å². The molecular weight excluding hydrogens is 304 g/mol. The zero-order valence-electron chi connectivity index (χ0n) is 14.7. The molecule has 0 heterocycles. The van der Waals surface area contributed by atoms with Crippen molar-refractivity contribution in [1.29, 1.82) is 0 Å². The summed E-state index contributed by atoms with van der Waals surface area (Å²) in [4.78, 5) is 22.2. The Balaban J connectivity index is 1.73. The molecule has 0 saturated heterocycles. The van der Waals surface area contributed by atoms with Gasteiger partial charge in [0.2, 0.25) is 0 Å². The van der Waals surface area contributed by atoms with E-state index in [4.69, 9.17) is 5.11 Å². The van der Waals surface area contributed by atoms with Crippen LogP contribution >= 0.6 is 0 Å². The maximum absolute atomic E-state index is 11.1. The van der Waals surface area contributed by atoms with Gasteiger partial charge in [0.25, 0.3) is 0 Å². The largest absolute Gasteiger partial charge is 0.481 e. The number of benzene rings is 1. The molecule has 132 valence electrons.